The van der Waals surface area contributed by atoms with Crippen molar-refractivity contribution in [2.24, 2.45) is 0 Å². The van der Waals surface area contributed by atoms with Gasteiger partial charge in [-0.15, -0.1) is 0 Å². The van der Waals surface area contributed by atoms with E-state index in [9.17, 15) is 4.79 Å². The van der Waals surface area contributed by atoms with Crippen molar-refractivity contribution < 1.29 is 14.6 Å². The zero-order chi connectivity index (χ0) is 12.5. The molecule has 1 aromatic carbocycles. The van der Waals surface area contributed by atoms with Gasteiger partial charge in [0.2, 0.25) is 0 Å². The molecule has 18 heavy (non-hydrogen) atoms. The number of aliphatic hydroxyl groups excluding tert-OH is 1. The summed E-state index contributed by atoms with van der Waals surface area (Å²) < 4.78 is 5.10. The summed E-state index contributed by atoms with van der Waals surface area (Å²) in [5, 5.41) is 12.1. The number of aliphatic hydroxyl groups is 1. The van der Waals surface area contributed by atoms with E-state index >= 15 is 0 Å². The third-order valence-electron chi connectivity index (χ3n) is 3.50. The lowest BCUT2D eigenvalue weighted by atomic mass is 9.96. The number of nitrogens with one attached hydrogen (secondary N) is 1. The van der Waals surface area contributed by atoms with Gasteiger partial charge in [-0.1, -0.05) is 6.07 Å². The van der Waals surface area contributed by atoms with Gasteiger partial charge in [0.15, 0.2) is 12.6 Å². The summed E-state index contributed by atoms with van der Waals surface area (Å²) in [4.78, 5) is 12.0. The Morgan fingerprint density at radius 2 is 2.17 bits per heavy atom. The van der Waals surface area contributed by atoms with Gasteiger partial charge in [-0.2, -0.15) is 0 Å². The lowest BCUT2D eigenvalue weighted by Gasteiger charge is -2.10. The Kier molecular flexibility index (Phi) is 2.80. The molecule has 2 aliphatic rings. The molecule has 0 aromatic heterocycles. The molecule has 0 spiro atoms. The van der Waals surface area contributed by atoms with E-state index in [1.165, 1.54) is 0 Å². The van der Waals surface area contributed by atoms with Gasteiger partial charge in [-0.05, 0) is 36.1 Å². The molecule has 2 N–H and O–H groups in total. The van der Waals surface area contributed by atoms with Crippen LogP contribution in [0.25, 0.3) is 5.57 Å². The number of Topliss-reactive ketones (excluding diaryl/α,β-unsaturated/α-hetero) is 1. The molecule has 94 valence electrons. The van der Waals surface area contributed by atoms with Crippen molar-refractivity contribution in [3.8, 4) is 5.75 Å². The fraction of sp³-hybridized carbons (Fsp3) is 0.357. The van der Waals surface area contributed by atoms with E-state index in [1.807, 2.05) is 18.2 Å². The van der Waals surface area contributed by atoms with Crippen LogP contribution in [0.4, 0.5) is 0 Å². The first-order valence-electron chi connectivity index (χ1n) is 6.17. The van der Waals surface area contributed by atoms with Crippen LogP contribution in [-0.2, 0) is 11.2 Å². The molecular formula is C14H15NO3. The molecule has 0 unspecified atom stereocenters. The van der Waals surface area contributed by atoms with Crippen LogP contribution < -0.4 is 10.1 Å². The zero-order valence-corrected chi connectivity index (χ0v) is 10.0. The van der Waals surface area contributed by atoms with Crippen LogP contribution in [0.1, 0.15) is 24.0 Å². The zero-order valence-electron chi connectivity index (χ0n) is 10.0. The van der Waals surface area contributed by atoms with Crippen molar-refractivity contribution in [3.05, 3.63) is 35.0 Å². The maximum atomic E-state index is 12.0. The molecular weight excluding hydrogens is 230 g/mol. The average Bonchev–Trinajstić information content (AvgIpc) is 2.63. The third kappa shape index (κ3) is 1.78. The molecule has 0 saturated heterocycles. The van der Waals surface area contributed by atoms with Gasteiger partial charge in [0.1, 0.15) is 5.75 Å². The molecule has 1 aliphatic heterocycles. The standard InChI is InChI=1S/C14H15NO3/c16-8-18-10-2-1-9-5-6-15-12-3-4-13(17)14(12)11(9)7-10/h1-2,7,15-16H,3-6,8H2. The molecule has 4 heteroatoms. The lowest BCUT2D eigenvalue weighted by Crippen LogP contribution is -2.13. The number of ether oxygens (including phenoxy) is 1. The molecule has 0 radical (unpaired) electrons. The van der Waals surface area contributed by atoms with Crippen LogP contribution >= 0.6 is 0 Å². The molecule has 3 rings (SSSR count). The molecule has 0 atom stereocenters. The van der Waals surface area contributed by atoms with E-state index in [4.69, 9.17) is 9.84 Å². The van der Waals surface area contributed by atoms with Gasteiger partial charge >= 0.3 is 0 Å². The van der Waals surface area contributed by atoms with Crippen molar-refractivity contribution in [3.63, 3.8) is 0 Å². The van der Waals surface area contributed by atoms with E-state index in [-0.39, 0.29) is 12.6 Å². The molecule has 1 aliphatic carbocycles. The maximum Gasteiger partial charge on any atom is 0.186 e. The minimum absolute atomic E-state index is 0.196. The Bertz CT molecular complexity index is 534. The van der Waals surface area contributed by atoms with Crippen molar-refractivity contribution in [2.75, 3.05) is 13.3 Å². The van der Waals surface area contributed by atoms with Crippen molar-refractivity contribution in [1.82, 2.24) is 5.32 Å². The normalized spacial score (nSPS) is 17.9. The number of benzene rings is 1. The number of hydrogen-bond acceptors (Lipinski definition) is 4. The number of allylic oxidation sites excluding steroid dienone is 2. The summed E-state index contributed by atoms with van der Waals surface area (Å²) in [7, 11) is 0. The van der Waals surface area contributed by atoms with Gasteiger partial charge in [0, 0.05) is 24.2 Å². The Hall–Kier alpha value is -1.81. The molecule has 0 bridgehead atoms. The molecule has 0 fully saturated rings. The Labute approximate surface area is 105 Å². The Balaban J connectivity index is 2.11. The van der Waals surface area contributed by atoms with Crippen LogP contribution in [-0.4, -0.2) is 24.2 Å². The van der Waals surface area contributed by atoms with Crippen LogP contribution in [0.2, 0.25) is 0 Å². The number of carbonyl (C=O) groups excluding carboxylic acids is 1. The van der Waals surface area contributed by atoms with E-state index in [0.717, 1.165) is 41.8 Å². The first kappa shape index (κ1) is 11.3. The van der Waals surface area contributed by atoms with E-state index in [2.05, 4.69) is 5.32 Å². The summed E-state index contributed by atoms with van der Waals surface area (Å²) in [6.45, 7) is 0.510. The first-order valence-corrected chi connectivity index (χ1v) is 6.17. The van der Waals surface area contributed by atoms with Crippen LogP contribution in [0.5, 0.6) is 5.75 Å². The number of hydrogen-bond donors (Lipinski definition) is 2. The molecule has 0 saturated carbocycles. The highest BCUT2D eigenvalue weighted by Gasteiger charge is 2.28. The topological polar surface area (TPSA) is 58.6 Å². The van der Waals surface area contributed by atoms with Crippen LogP contribution in [0.3, 0.4) is 0 Å². The highest BCUT2D eigenvalue weighted by Crippen LogP contribution is 2.35. The number of fused-ring (bicyclic) bond motifs is 2. The maximum absolute atomic E-state index is 12.0. The van der Waals surface area contributed by atoms with Crippen molar-refractivity contribution >= 4 is 11.4 Å². The summed E-state index contributed by atoms with van der Waals surface area (Å²) in [5.41, 5.74) is 3.99. The van der Waals surface area contributed by atoms with Gasteiger partial charge < -0.3 is 15.2 Å². The monoisotopic (exact) mass is 245 g/mol. The number of rotatable bonds is 2. The lowest BCUT2D eigenvalue weighted by molar-refractivity contribution is -0.113. The van der Waals surface area contributed by atoms with Crippen LogP contribution in [0, 0.1) is 0 Å². The Morgan fingerprint density at radius 1 is 1.28 bits per heavy atom. The first-order chi connectivity index (χ1) is 8.79. The SMILES string of the molecule is O=C1CCC2=C1c1cc(OCO)ccc1CCN2. The highest BCUT2D eigenvalue weighted by atomic mass is 16.6. The summed E-state index contributed by atoms with van der Waals surface area (Å²) >= 11 is 0. The largest absolute Gasteiger partial charge is 0.468 e. The predicted molar refractivity (Wildman–Crippen MR) is 67.0 cm³/mol. The summed E-state index contributed by atoms with van der Waals surface area (Å²) in [6, 6.07) is 5.67. The van der Waals surface area contributed by atoms with Crippen molar-refractivity contribution in [1.29, 1.82) is 0 Å². The second-order valence-corrected chi connectivity index (χ2v) is 4.55. The minimum Gasteiger partial charge on any atom is -0.468 e. The molecule has 0 amide bonds. The average molecular weight is 245 g/mol. The minimum atomic E-state index is -0.350. The van der Waals surface area contributed by atoms with E-state index in [0.29, 0.717) is 12.2 Å². The van der Waals surface area contributed by atoms with Crippen LogP contribution in [0.15, 0.2) is 23.9 Å². The van der Waals surface area contributed by atoms with E-state index in [1.54, 1.807) is 0 Å². The number of carbonyl (C=O) groups is 1. The Morgan fingerprint density at radius 3 is 3.00 bits per heavy atom. The van der Waals surface area contributed by atoms with Gasteiger partial charge in [0.25, 0.3) is 0 Å². The molecule has 4 nitrogen and oxygen atoms in total. The highest BCUT2D eigenvalue weighted by molar-refractivity contribution is 6.24. The van der Waals surface area contributed by atoms with E-state index < -0.39 is 0 Å². The fourth-order valence-corrected chi connectivity index (χ4v) is 2.67. The molecule has 1 aromatic rings. The smallest absolute Gasteiger partial charge is 0.186 e. The van der Waals surface area contributed by atoms with Gasteiger partial charge in [-0.25, -0.2) is 0 Å². The second-order valence-electron chi connectivity index (χ2n) is 4.55. The number of ketones is 1. The van der Waals surface area contributed by atoms with Crippen molar-refractivity contribution in [2.45, 2.75) is 19.3 Å². The predicted octanol–water partition coefficient (Wildman–Crippen LogP) is 1.23. The summed E-state index contributed by atoms with van der Waals surface area (Å²) in [6.07, 6.45) is 2.29. The summed E-state index contributed by atoms with van der Waals surface area (Å²) in [5.74, 6) is 0.798. The van der Waals surface area contributed by atoms with Gasteiger partial charge in [0.05, 0.1) is 0 Å². The van der Waals surface area contributed by atoms with Gasteiger partial charge in [-0.3, -0.25) is 4.79 Å². The third-order valence-corrected chi connectivity index (χ3v) is 3.50. The quantitative estimate of drug-likeness (QED) is 0.770. The molecule has 1 heterocycles. The second kappa shape index (κ2) is 4.46. The fourth-order valence-electron chi connectivity index (χ4n) is 2.67.